The van der Waals surface area contributed by atoms with Crippen molar-refractivity contribution in [3.8, 4) is 0 Å². The van der Waals surface area contributed by atoms with Gasteiger partial charge in [0.1, 0.15) is 0 Å². The molecule has 144 valence electrons. The van der Waals surface area contributed by atoms with Gasteiger partial charge in [0, 0.05) is 31.1 Å². The Morgan fingerprint density at radius 1 is 1.19 bits per heavy atom. The van der Waals surface area contributed by atoms with E-state index in [0.717, 1.165) is 56.1 Å². The molecule has 1 aliphatic carbocycles. The van der Waals surface area contributed by atoms with E-state index in [9.17, 15) is 9.59 Å². The number of aromatic nitrogens is 1. The van der Waals surface area contributed by atoms with Gasteiger partial charge in [-0.05, 0) is 43.3 Å². The van der Waals surface area contributed by atoms with Gasteiger partial charge in [-0.3, -0.25) is 9.59 Å². The van der Waals surface area contributed by atoms with Gasteiger partial charge in [0.15, 0.2) is 0 Å². The van der Waals surface area contributed by atoms with Crippen molar-refractivity contribution in [3.63, 3.8) is 0 Å². The van der Waals surface area contributed by atoms with E-state index in [2.05, 4.69) is 5.32 Å². The third-order valence-electron chi connectivity index (χ3n) is 6.26. The fraction of sp³-hybridized carbons (Fsp3) is 0.545. The Labute approximate surface area is 160 Å². The fourth-order valence-electron chi connectivity index (χ4n) is 4.66. The molecule has 1 unspecified atom stereocenters. The SMILES string of the molecule is Cn1c(=O)c(CN(C(=O)C2CCCCC2)C2CCNC2)cc2ccccc21. The predicted octanol–water partition coefficient (Wildman–Crippen LogP) is 2.81. The van der Waals surface area contributed by atoms with Gasteiger partial charge in [-0.25, -0.2) is 0 Å². The zero-order valence-corrected chi connectivity index (χ0v) is 16.1. The first kappa shape index (κ1) is 18.2. The quantitative estimate of drug-likeness (QED) is 0.904. The predicted molar refractivity (Wildman–Crippen MR) is 108 cm³/mol. The summed E-state index contributed by atoms with van der Waals surface area (Å²) in [4.78, 5) is 28.3. The van der Waals surface area contributed by atoms with Crippen LogP contribution in [0.2, 0.25) is 0 Å². The summed E-state index contributed by atoms with van der Waals surface area (Å²) in [6, 6.07) is 10.1. The summed E-state index contributed by atoms with van der Waals surface area (Å²) in [5.74, 6) is 0.377. The monoisotopic (exact) mass is 367 g/mol. The summed E-state index contributed by atoms with van der Waals surface area (Å²) in [6.45, 7) is 2.18. The van der Waals surface area contributed by atoms with Crippen molar-refractivity contribution < 1.29 is 4.79 Å². The average molecular weight is 367 g/mol. The van der Waals surface area contributed by atoms with Gasteiger partial charge in [-0.1, -0.05) is 37.5 Å². The molecule has 0 radical (unpaired) electrons. The van der Waals surface area contributed by atoms with Gasteiger partial charge < -0.3 is 14.8 Å². The highest BCUT2D eigenvalue weighted by molar-refractivity contribution is 5.81. The summed E-state index contributed by atoms with van der Waals surface area (Å²) in [5.41, 5.74) is 1.65. The number of aryl methyl sites for hydroxylation is 1. The Hall–Kier alpha value is -2.14. The minimum atomic E-state index is 0.00102. The molecule has 1 saturated carbocycles. The van der Waals surface area contributed by atoms with E-state index in [-0.39, 0.29) is 23.4 Å². The van der Waals surface area contributed by atoms with Gasteiger partial charge in [0.2, 0.25) is 5.91 Å². The van der Waals surface area contributed by atoms with Crippen molar-refractivity contribution in [3.05, 3.63) is 46.2 Å². The lowest BCUT2D eigenvalue weighted by Crippen LogP contribution is -2.45. The maximum absolute atomic E-state index is 13.3. The molecule has 2 aromatic rings. The number of amides is 1. The number of hydrogen-bond acceptors (Lipinski definition) is 3. The maximum atomic E-state index is 13.3. The molecular formula is C22H29N3O2. The van der Waals surface area contributed by atoms with E-state index in [1.165, 1.54) is 6.42 Å². The molecule has 27 heavy (non-hydrogen) atoms. The molecule has 2 heterocycles. The number of rotatable bonds is 4. The van der Waals surface area contributed by atoms with Crippen LogP contribution in [0.1, 0.15) is 44.1 Å². The highest BCUT2D eigenvalue weighted by Gasteiger charge is 2.32. The number of hydrogen-bond donors (Lipinski definition) is 1. The van der Waals surface area contributed by atoms with E-state index in [4.69, 9.17) is 0 Å². The van der Waals surface area contributed by atoms with Gasteiger partial charge >= 0.3 is 0 Å². The van der Waals surface area contributed by atoms with E-state index >= 15 is 0 Å². The second kappa shape index (κ2) is 7.85. The fourth-order valence-corrected chi connectivity index (χ4v) is 4.66. The molecule has 1 saturated heterocycles. The molecule has 1 amide bonds. The summed E-state index contributed by atoms with van der Waals surface area (Å²) >= 11 is 0. The van der Waals surface area contributed by atoms with Crippen LogP contribution in [-0.2, 0) is 18.4 Å². The van der Waals surface area contributed by atoms with Crippen molar-refractivity contribution >= 4 is 16.8 Å². The molecule has 1 N–H and O–H groups in total. The van der Waals surface area contributed by atoms with E-state index in [1.54, 1.807) is 4.57 Å². The Morgan fingerprint density at radius 2 is 1.96 bits per heavy atom. The van der Waals surface area contributed by atoms with Crippen molar-refractivity contribution in [2.45, 2.75) is 51.1 Å². The van der Waals surface area contributed by atoms with Gasteiger partial charge in [-0.2, -0.15) is 0 Å². The van der Waals surface area contributed by atoms with Crippen molar-refractivity contribution in [1.82, 2.24) is 14.8 Å². The second-order valence-corrected chi connectivity index (χ2v) is 8.04. The number of nitrogens with one attached hydrogen (secondary N) is 1. The van der Waals surface area contributed by atoms with Crippen LogP contribution in [0.3, 0.4) is 0 Å². The zero-order chi connectivity index (χ0) is 18.8. The molecule has 5 nitrogen and oxygen atoms in total. The maximum Gasteiger partial charge on any atom is 0.255 e. The van der Waals surface area contributed by atoms with Gasteiger partial charge in [0.05, 0.1) is 12.1 Å². The zero-order valence-electron chi connectivity index (χ0n) is 16.1. The molecule has 1 aromatic carbocycles. The number of pyridine rings is 1. The number of carbonyl (C=O) groups is 1. The van der Waals surface area contributed by atoms with Crippen LogP contribution in [0.15, 0.2) is 35.1 Å². The molecule has 2 fully saturated rings. The van der Waals surface area contributed by atoms with Crippen molar-refractivity contribution in [1.29, 1.82) is 0 Å². The minimum absolute atomic E-state index is 0.00102. The van der Waals surface area contributed by atoms with E-state index in [0.29, 0.717) is 12.1 Å². The Balaban J connectivity index is 1.67. The van der Waals surface area contributed by atoms with Crippen LogP contribution in [-0.4, -0.2) is 34.5 Å². The lowest BCUT2D eigenvalue weighted by atomic mass is 9.87. The third-order valence-corrected chi connectivity index (χ3v) is 6.26. The number of nitrogens with zero attached hydrogens (tertiary/aromatic N) is 2. The molecule has 0 bridgehead atoms. The van der Waals surface area contributed by atoms with Crippen molar-refractivity contribution in [2.75, 3.05) is 13.1 Å². The number of para-hydroxylation sites is 1. The van der Waals surface area contributed by atoms with Crippen LogP contribution in [0.4, 0.5) is 0 Å². The standard InChI is InChI=1S/C22H29N3O2/c1-24-20-10-6-5-9-17(20)13-18(21(24)26)15-25(19-11-12-23-14-19)22(27)16-7-3-2-4-8-16/h5-6,9-10,13,16,19,23H,2-4,7-8,11-12,14-15H2,1H3. The topological polar surface area (TPSA) is 54.3 Å². The third kappa shape index (κ3) is 3.65. The first-order chi connectivity index (χ1) is 13.1. The normalized spacial score (nSPS) is 20.9. The molecular weight excluding hydrogens is 338 g/mol. The highest BCUT2D eigenvalue weighted by Crippen LogP contribution is 2.28. The first-order valence-corrected chi connectivity index (χ1v) is 10.2. The Bertz CT molecular complexity index is 877. The Morgan fingerprint density at radius 3 is 2.70 bits per heavy atom. The van der Waals surface area contributed by atoms with E-state index < -0.39 is 0 Å². The first-order valence-electron chi connectivity index (χ1n) is 10.2. The molecule has 4 rings (SSSR count). The lowest BCUT2D eigenvalue weighted by molar-refractivity contribution is -0.139. The van der Waals surface area contributed by atoms with Crippen LogP contribution >= 0.6 is 0 Å². The number of fused-ring (bicyclic) bond motifs is 1. The van der Waals surface area contributed by atoms with Crippen LogP contribution < -0.4 is 10.9 Å². The van der Waals surface area contributed by atoms with Crippen LogP contribution in [0.5, 0.6) is 0 Å². The summed E-state index contributed by atoms with van der Waals surface area (Å²) in [6.07, 6.45) is 6.47. The summed E-state index contributed by atoms with van der Waals surface area (Å²) < 4.78 is 1.71. The highest BCUT2D eigenvalue weighted by atomic mass is 16.2. The van der Waals surface area contributed by atoms with E-state index in [1.807, 2.05) is 42.3 Å². The minimum Gasteiger partial charge on any atom is -0.334 e. The molecule has 1 aliphatic heterocycles. The summed E-state index contributed by atoms with van der Waals surface area (Å²) in [5, 5.41) is 4.42. The molecule has 1 atom stereocenters. The van der Waals surface area contributed by atoms with Crippen LogP contribution in [0.25, 0.3) is 10.9 Å². The summed E-state index contributed by atoms with van der Waals surface area (Å²) in [7, 11) is 1.82. The average Bonchev–Trinajstić information content (AvgIpc) is 3.24. The Kier molecular flexibility index (Phi) is 5.30. The molecule has 5 heteroatoms. The number of carbonyl (C=O) groups excluding carboxylic acids is 1. The van der Waals surface area contributed by atoms with Gasteiger partial charge in [-0.15, -0.1) is 0 Å². The van der Waals surface area contributed by atoms with Gasteiger partial charge in [0.25, 0.3) is 5.56 Å². The van der Waals surface area contributed by atoms with Crippen LogP contribution in [0, 0.1) is 5.92 Å². The molecule has 1 aromatic heterocycles. The largest absolute Gasteiger partial charge is 0.334 e. The molecule has 2 aliphatic rings. The number of benzene rings is 1. The molecule has 0 spiro atoms. The second-order valence-electron chi connectivity index (χ2n) is 8.04. The smallest absolute Gasteiger partial charge is 0.255 e. The van der Waals surface area contributed by atoms with Crippen molar-refractivity contribution in [2.24, 2.45) is 13.0 Å². The lowest BCUT2D eigenvalue weighted by Gasteiger charge is -2.33.